The monoisotopic (exact) mass is 339 g/mol. The highest BCUT2D eigenvalue weighted by molar-refractivity contribution is 6.06. The molecule has 0 aliphatic heterocycles. The molecule has 4 nitrogen and oxygen atoms in total. The van der Waals surface area contributed by atoms with Gasteiger partial charge in [-0.25, -0.2) is 0 Å². The molecule has 0 fully saturated rings. The minimum Gasteiger partial charge on any atom is -0.372 e. The number of carbonyl (C=O) groups is 1. The maximum absolute atomic E-state index is 12.7. The molecule has 0 aliphatic rings. The van der Waals surface area contributed by atoms with Gasteiger partial charge in [0.1, 0.15) is 11.6 Å². The zero-order chi connectivity index (χ0) is 18.5. The molecule has 1 amide bonds. The van der Waals surface area contributed by atoms with Gasteiger partial charge in [0.15, 0.2) is 0 Å². The average Bonchev–Trinajstić information content (AvgIpc) is 2.46. The number of nitriles is 1. The molecule has 1 N–H and O–H groups in total. The van der Waals surface area contributed by atoms with Gasteiger partial charge in [-0.1, -0.05) is 6.07 Å². The Hall–Kier alpha value is -2.49. The summed E-state index contributed by atoms with van der Waals surface area (Å²) in [5, 5.41) is 11.5. The summed E-state index contributed by atoms with van der Waals surface area (Å²) < 4.78 is 38.1. The van der Waals surface area contributed by atoms with Crippen molar-refractivity contribution in [1.82, 2.24) is 4.90 Å². The van der Waals surface area contributed by atoms with Crippen molar-refractivity contribution in [2.75, 3.05) is 11.9 Å². The summed E-state index contributed by atoms with van der Waals surface area (Å²) in [6.45, 7) is 8.22. The minimum atomic E-state index is -4.50. The maximum Gasteiger partial charge on any atom is 0.416 e. The zero-order valence-corrected chi connectivity index (χ0v) is 14.0. The van der Waals surface area contributed by atoms with E-state index in [1.54, 1.807) is 11.0 Å². The number of nitrogens with one attached hydrogen (secondary N) is 1. The first-order valence-electron chi connectivity index (χ1n) is 7.36. The lowest BCUT2D eigenvalue weighted by atomic mass is 10.1. The quantitative estimate of drug-likeness (QED) is 0.661. The van der Waals surface area contributed by atoms with E-state index >= 15 is 0 Å². The molecule has 130 valence electrons. The molecule has 0 saturated carbocycles. The Bertz CT molecular complexity index is 667. The van der Waals surface area contributed by atoms with Crippen LogP contribution >= 0.6 is 0 Å². The first kappa shape index (κ1) is 19.6. The van der Waals surface area contributed by atoms with Gasteiger partial charge in [0.25, 0.3) is 5.91 Å². The fourth-order valence-electron chi connectivity index (χ4n) is 2.03. The highest BCUT2D eigenvalue weighted by atomic mass is 19.4. The summed E-state index contributed by atoms with van der Waals surface area (Å²) in [4.78, 5) is 14.0. The minimum absolute atomic E-state index is 0.0187. The van der Waals surface area contributed by atoms with Crippen LogP contribution in [-0.2, 0) is 11.0 Å². The van der Waals surface area contributed by atoms with Gasteiger partial charge in [-0.2, -0.15) is 18.4 Å². The van der Waals surface area contributed by atoms with Crippen LogP contribution in [-0.4, -0.2) is 22.9 Å². The van der Waals surface area contributed by atoms with E-state index in [0.717, 1.165) is 12.1 Å². The van der Waals surface area contributed by atoms with E-state index in [0.29, 0.717) is 6.54 Å². The molecule has 0 heterocycles. The third kappa shape index (κ3) is 5.30. The van der Waals surface area contributed by atoms with E-state index in [2.05, 4.69) is 5.32 Å². The lowest BCUT2D eigenvalue weighted by Gasteiger charge is -2.33. The third-order valence-corrected chi connectivity index (χ3v) is 3.30. The summed E-state index contributed by atoms with van der Waals surface area (Å²) >= 11 is 0. The molecule has 7 heteroatoms. The first-order valence-corrected chi connectivity index (χ1v) is 7.36. The van der Waals surface area contributed by atoms with Crippen LogP contribution in [0.5, 0.6) is 0 Å². The van der Waals surface area contributed by atoms with E-state index in [4.69, 9.17) is 0 Å². The molecule has 1 aromatic carbocycles. The van der Waals surface area contributed by atoms with Crippen molar-refractivity contribution < 1.29 is 18.0 Å². The Labute approximate surface area is 139 Å². The second kappa shape index (κ2) is 7.39. The van der Waals surface area contributed by atoms with Crippen LogP contribution in [0, 0.1) is 11.3 Å². The van der Waals surface area contributed by atoms with E-state index in [1.807, 2.05) is 27.7 Å². The molecule has 0 saturated heterocycles. The maximum atomic E-state index is 12.7. The van der Waals surface area contributed by atoms with Crippen molar-refractivity contribution in [2.24, 2.45) is 0 Å². The smallest absolute Gasteiger partial charge is 0.372 e. The molecule has 0 bridgehead atoms. The van der Waals surface area contributed by atoms with Gasteiger partial charge in [-0.05, 0) is 45.9 Å². The lowest BCUT2D eigenvalue weighted by Crippen LogP contribution is -2.37. The average molecular weight is 339 g/mol. The van der Waals surface area contributed by atoms with Gasteiger partial charge in [-0.3, -0.25) is 4.79 Å². The molecule has 0 aliphatic carbocycles. The molecule has 1 aromatic rings. The van der Waals surface area contributed by atoms with Crippen molar-refractivity contribution >= 4 is 11.6 Å². The highest BCUT2D eigenvalue weighted by Gasteiger charge is 2.30. The third-order valence-electron chi connectivity index (χ3n) is 3.30. The van der Waals surface area contributed by atoms with E-state index in [1.165, 1.54) is 18.3 Å². The SMILES string of the molecule is CCN(/C=C(/C#N)C(=O)Nc1cccc(C(F)(F)F)c1)C(C)(C)C. The van der Waals surface area contributed by atoms with Crippen LogP contribution in [0.3, 0.4) is 0 Å². The number of alkyl halides is 3. The van der Waals surface area contributed by atoms with Crippen molar-refractivity contribution in [3.63, 3.8) is 0 Å². The fraction of sp³-hybridized carbons (Fsp3) is 0.412. The van der Waals surface area contributed by atoms with Gasteiger partial charge in [0.05, 0.1) is 5.56 Å². The first-order chi connectivity index (χ1) is 11.0. The second-order valence-corrected chi connectivity index (χ2v) is 6.14. The van der Waals surface area contributed by atoms with Crippen molar-refractivity contribution in [2.45, 2.75) is 39.4 Å². The Morgan fingerprint density at radius 2 is 1.96 bits per heavy atom. The number of hydrogen-bond acceptors (Lipinski definition) is 3. The van der Waals surface area contributed by atoms with Crippen LogP contribution in [0.4, 0.5) is 18.9 Å². The predicted molar refractivity (Wildman–Crippen MR) is 85.9 cm³/mol. The number of rotatable bonds is 4. The Balaban J connectivity index is 3.03. The van der Waals surface area contributed by atoms with Crippen molar-refractivity contribution in [3.05, 3.63) is 41.6 Å². The van der Waals surface area contributed by atoms with Crippen molar-refractivity contribution in [3.8, 4) is 6.07 Å². The molecule has 1 rings (SSSR count). The Kier molecular flexibility index (Phi) is 6.02. The summed E-state index contributed by atoms with van der Waals surface area (Å²) in [7, 11) is 0. The fourth-order valence-corrected chi connectivity index (χ4v) is 2.03. The molecule has 0 spiro atoms. The largest absolute Gasteiger partial charge is 0.416 e. The molecular formula is C17H20F3N3O. The normalized spacial score (nSPS) is 12.5. The van der Waals surface area contributed by atoms with Gasteiger partial charge < -0.3 is 10.2 Å². The summed E-state index contributed by atoms with van der Waals surface area (Å²) in [6.07, 6.45) is -3.08. The molecule has 0 atom stereocenters. The van der Waals surface area contributed by atoms with Crippen LogP contribution < -0.4 is 5.32 Å². The molecule has 24 heavy (non-hydrogen) atoms. The molecule has 0 unspecified atom stereocenters. The topological polar surface area (TPSA) is 56.1 Å². The van der Waals surface area contributed by atoms with Crippen LogP contribution in [0.15, 0.2) is 36.0 Å². The molecule has 0 aromatic heterocycles. The van der Waals surface area contributed by atoms with Gasteiger partial charge in [0.2, 0.25) is 0 Å². The van der Waals surface area contributed by atoms with Crippen LogP contribution in [0.25, 0.3) is 0 Å². The predicted octanol–water partition coefficient (Wildman–Crippen LogP) is 4.17. The molecular weight excluding hydrogens is 319 g/mol. The van der Waals surface area contributed by atoms with Crippen LogP contribution in [0.2, 0.25) is 0 Å². The van der Waals surface area contributed by atoms with Crippen molar-refractivity contribution in [1.29, 1.82) is 5.26 Å². The standard InChI is InChI=1S/C17H20F3N3O/c1-5-23(16(2,3)4)11-12(10-21)15(24)22-14-8-6-7-13(9-14)17(18,19)20/h6-9,11H,5H2,1-4H3,(H,22,24)/b12-11-. The Morgan fingerprint density at radius 1 is 1.33 bits per heavy atom. The summed E-state index contributed by atoms with van der Waals surface area (Å²) in [6, 6.07) is 6.06. The Morgan fingerprint density at radius 3 is 2.42 bits per heavy atom. The number of hydrogen-bond donors (Lipinski definition) is 1. The highest BCUT2D eigenvalue weighted by Crippen LogP contribution is 2.30. The van der Waals surface area contributed by atoms with Crippen LogP contribution in [0.1, 0.15) is 33.3 Å². The van der Waals surface area contributed by atoms with E-state index in [-0.39, 0.29) is 16.8 Å². The van der Waals surface area contributed by atoms with E-state index in [9.17, 15) is 23.2 Å². The zero-order valence-electron chi connectivity index (χ0n) is 14.0. The van der Waals surface area contributed by atoms with Gasteiger partial charge in [-0.15, -0.1) is 0 Å². The number of carbonyl (C=O) groups excluding carboxylic acids is 1. The van der Waals surface area contributed by atoms with Gasteiger partial charge in [0, 0.05) is 24.0 Å². The van der Waals surface area contributed by atoms with E-state index < -0.39 is 17.6 Å². The number of anilines is 1. The number of halogens is 3. The van der Waals surface area contributed by atoms with Gasteiger partial charge >= 0.3 is 6.18 Å². The summed E-state index contributed by atoms with van der Waals surface area (Å²) in [5.41, 5.74) is -1.36. The second-order valence-electron chi connectivity index (χ2n) is 6.14. The lowest BCUT2D eigenvalue weighted by molar-refractivity contribution is -0.137. The number of amides is 1. The summed E-state index contributed by atoms with van der Waals surface area (Å²) in [5.74, 6) is -0.750. The molecule has 0 radical (unpaired) electrons. The number of benzene rings is 1. The number of nitrogens with zero attached hydrogens (tertiary/aromatic N) is 2.